The summed E-state index contributed by atoms with van der Waals surface area (Å²) in [6.45, 7) is 4.09. The van der Waals surface area contributed by atoms with E-state index in [4.69, 9.17) is 4.74 Å². The van der Waals surface area contributed by atoms with Crippen LogP contribution in [0.1, 0.15) is 53.1 Å². The summed E-state index contributed by atoms with van der Waals surface area (Å²) >= 11 is 0. The van der Waals surface area contributed by atoms with Crippen molar-refractivity contribution in [3.63, 3.8) is 0 Å². The molecule has 0 saturated carbocycles. The van der Waals surface area contributed by atoms with Crippen molar-refractivity contribution in [1.29, 1.82) is 0 Å². The highest BCUT2D eigenvalue weighted by atomic mass is 16.5. The van der Waals surface area contributed by atoms with Crippen molar-refractivity contribution in [2.45, 2.75) is 45.4 Å². The minimum atomic E-state index is 0.0265. The lowest BCUT2D eigenvalue weighted by Crippen LogP contribution is -2.40. The van der Waals surface area contributed by atoms with Gasteiger partial charge >= 0.3 is 0 Å². The standard InChI is InChI=1S/C20H27N5O2/c1-14-11-18(23-24(14)2)20(26)25-9-7-15(8-10-25)13-27-19-12-16-5-3-4-6-17(16)21-22-19/h11-12,15H,3-10,13H2,1-2H3. The van der Waals surface area contributed by atoms with Crippen molar-refractivity contribution >= 4 is 5.91 Å². The van der Waals surface area contributed by atoms with Crippen LogP contribution in [0.3, 0.4) is 0 Å². The van der Waals surface area contributed by atoms with Crippen LogP contribution in [0.4, 0.5) is 0 Å². The molecule has 1 saturated heterocycles. The van der Waals surface area contributed by atoms with Gasteiger partial charge in [-0.25, -0.2) is 0 Å². The largest absolute Gasteiger partial charge is 0.476 e. The third-order valence-corrected chi connectivity index (χ3v) is 5.75. The van der Waals surface area contributed by atoms with Gasteiger partial charge in [0.15, 0.2) is 5.69 Å². The monoisotopic (exact) mass is 369 g/mol. The molecule has 1 aliphatic heterocycles. The summed E-state index contributed by atoms with van der Waals surface area (Å²) < 4.78 is 7.66. The summed E-state index contributed by atoms with van der Waals surface area (Å²) in [5, 5.41) is 12.8. The Bertz CT molecular complexity index is 804. The molecule has 1 amide bonds. The number of hydrogen-bond acceptors (Lipinski definition) is 5. The van der Waals surface area contributed by atoms with E-state index in [-0.39, 0.29) is 5.91 Å². The van der Waals surface area contributed by atoms with E-state index < -0.39 is 0 Å². The van der Waals surface area contributed by atoms with E-state index in [1.54, 1.807) is 4.68 Å². The number of nitrogens with zero attached hydrogens (tertiary/aromatic N) is 5. The topological polar surface area (TPSA) is 73.1 Å². The number of aryl methyl sites for hydroxylation is 4. The van der Waals surface area contributed by atoms with Crippen molar-refractivity contribution in [3.8, 4) is 5.88 Å². The van der Waals surface area contributed by atoms with Gasteiger partial charge in [0.25, 0.3) is 5.91 Å². The minimum Gasteiger partial charge on any atom is -0.476 e. The number of likely N-dealkylation sites (tertiary alicyclic amines) is 1. The fourth-order valence-corrected chi connectivity index (χ4v) is 3.87. The first-order chi connectivity index (χ1) is 13.1. The van der Waals surface area contributed by atoms with E-state index in [0.29, 0.717) is 24.1 Å². The Morgan fingerprint density at radius 3 is 2.70 bits per heavy atom. The first-order valence-electron chi connectivity index (χ1n) is 9.88. The molecule has 0 atom stereocenters. The zero-order valence-corrected chi connectivity index (χ0v) is 16.1. The molecular weight excluding hydrogens is 342 g/mol. The molecule has 3 heterocycles. The van der Waals surface area contributed by atoms with Crippen LogP contribution in [0, 0.1) is 12.8 Å². The number of carbonyl (C=O) groups excluding carboxylic acids is 1. The molecule has 7 nitrogen and oxygen atoms in total. The van der Waals surface area contributed by atoms with Crippen molar-refractivity contribution in [1.82, 2.24) is 24.9 Å². The second-order valence-corrected chi connectivity index (χ2v) is 7.70. The summed E-state index contributed by atoms with van der Waals surface area (Å²) in [5.74, 6) is 1.11. The fraction of sp³-hybridized carbons (Fsp3) is 0.600. The van der Waals surface area contributed by atoms with Crippen LogP contribution >= 0.6 is 0 Å². The molecule has 2 aliphatic rings. The number of amides is 1. The second kappa shape index (κ2) is 7.66. The molecule has 4 rings (SSSR count). The van der Waals surface area contributed by atoms with Gasteiger partial charge in [0, 0.05) is 31.9 Å². The average molecular weight is 369 g/mol. The second-order valence-electron chi connectivity index (χ2n) is 7.70. The molecule has 1 fully saturated rings. The normalized spacial score (nSPS) is 17.6. The van der Waals surface area contributed by atoms with Gasteiger partial charge in [-0.3, -0.25) is 9.48 Å². The van der Waals surface area contributed by atoms with Crippen molar-refractivity contribution in [3.05, 3.63) is 34.8 Å². The van der Waals surface area contributed by atoms with Crippen LogP contribution in [-0.4, -0.2) is 50.5 Å². The average Bonchev–Trinajstić information content (AvgIpc) is 3.04. The van der Waals surface area contributed by atoms with Gasteiger partial charge in [-0.2, -0.15) is 10.2 Å². The smallest absolute Gasteiger partial charge is 0.274 e. The first kappa shape index (κ1) is 17.9. The Labute approximate surface area is 159 Å². The molecule has 0 N–H and O–H groups in total. The van der Waals surface area contributed by atoms with E-state index in [2.05, 4.69) is 21.4 Å². The number of fused-ring (bicyclic) bond motifs is 1. The summed E-state index contributed by atoms with van der Waals surface area (Å²) in [6, 6.07) is 3.91. The van der Waals surface area contributed by atoms with Crippen LogP contribution in [0.25, 0.3) is 0 Å². The zero-order chi connectivity index (χ0) is 18.8. The maximum absolute atomic E-state index is 12.6. The number of ether oxygens (including phenoxy) is 1. The van der Waals surface area contributed by atoms with Crippen LogP contribution in [-0.2, 0) is 19.9 Å². The summed E-state index contributed by atoms with van der Waals surface area (Å²) in [4.78, 5) is 14.5. The predicted octanol–water partition coefficient (Wildman–Crippen LogP) is 2.33. The van der Waals surface area contributed by atoms with E-state index in [1.807, 2.05) is 24.9 Å². The van der Waals surface area contributed by atoms with Crippen molar-refractivity contribution < 1.29 is 9.53 Å². The fourth-order valence-electron chi connectivity index (χ4n) is 3.87. The van der Waals surface area contributed by atoms with Crippen molar-refractivity contribution in [2.24, 2.45) is 13.0 Å². The zero-order valence-electron chi connectivity index (χ0n) is 16.1. The quantitative estimate of drug-likeness (QED) is 0.827. The molecule has 0 bridgehead atoms. The first-order valence-corrected chi connectivity index (χ1v) is 9.88. The van der Waals surface area contributed by atoms with E-state index in [1.165, 1.54) is 18.4 Å². The molecular formula is C20H27N5O2. The molecule has 0 aromatic carbocycles. The van der Waals surface area contributed by atoms with Gasteiger partial charge in [-0.15, -0.1) is 5.10 Å². The summed E-state index contributed by atoms with van der Waals surface area (Å²) in [5.41, 5.74) is 3.95. The molecule has 7 heteroatoms. The molecule has 0 unspecified atom stereocenters. The highest BCUT2D eigenvalue weighted by Gasteiger charge is 2.26. The van der Waals surface area contributed by atoms with Gasteiger partial charge in [-0.05, 0) is 63.0 Å². The highest BCUT2D eigenvalue weighted by molar-refractivity contribution is 5.92. The van der Waals surface area contributed by atoms with Gasteiger partial charge in [0.05, 0.1) is 12.3 Å². The van der Waals surface area contributed by atoms with Crippen molar-refractivity contribution in [2.75, 3.05) is 19.7 Å². The Morgan fingerprint density at radius 2 is 1.96 bits per heavy atom. The predicted molar refractivity (Wildman–Crippen MR) is 101 cm³/mol. The van der Waals surface area contributed by atoms with Crippen LogP contribution in [0.15, 0.2) is 12.1 Å². The van der Waals surface area contributed by atoms with E-state index in [9.17, 15) is 4.79 Å². The third kappa shape index (κ3) is 3.96. The summed E-state index contributed by atoms with van der Waals surface area (Å²) in [7, 11) is 1.86. The van der Waals surface area contributed by atoms with E-state index >= 15 is 0 Å². The Balaban J connectivity index is 1.27. The number of carbonyl (C=O) groups is 1. The lowest BCUT2D eigenvalue weighted by atomic mass is 9.97. The molecule has 1 aliphatic carbocycles. The number of rotatable bonds is 4. The lowest BCUT2D eigenvalue weighted by molar-refractivity contribution is 0.0652. The Kier molecular flexibility index (Phi) is 5.09. The number of piperidine rings is 1. The molecule has 0 spiro atoms. The minimum absolute atomic E-state index is 0.0265. The van der Waals surface area contributed by atoms with E-state index in [0.717, 1.165) is 50.2 Å². The van der Waals surface area contributed by atoms with Gasteiger partial charge in [-0.1, -0.05) is 0 Å². The van der Waals surface area contributed by atoms with Crippen LogP contribution < -0.4 is 4.74 Å². The number of hydrogen-bond donors (Lipinski definition) is 0. The van der Waals surface area contributed by atoms with Crippen LogP contribution in [0.5, 0.6) is 5.88 Å². The maximum atomic E-state index is 12.6. The van der Waals surface area contributed by atoms with Gasteiger partial charge in [0.2, 0.25) is 5.88 Å². The van der Waals surface area contributed by atoms with Gasteiger partial charge < -0.3 is 9.64 Å². The Morgan fingerprint density at radius 1 is 1.19 bits per heavy atom. The third-order valence-electron chi connectivity index (χ3n) is 5.75. The lowest BCUT2D eigenvalue weighted by Gasteiger charge is -2.31. The van der Waals surface area contributed by atoms with Crippen LogP contribution in [0.2, 0.25) is 0 Å². The molecule has 2 aromatic heterocycles. The molecule has 144 valence electrons. The number of aromatic nitrogens is 4. The molecule has 2 aromatic rings. The molecule has 27 heavy (non-hydrogen) atoms. The molecule has 0 radical (unpaired) electrons. The van der Waals surface area contributed by atoms with Gasteiger partial charge in [0.1, 0.15) is 0 Å². The maximum Gasteiger partial charge on any atom is 0.274 e. The SMILES string of the molecule is Cc1cc(C(=O)N2CCC(COc3cc4c(nn3)CCCC4)CC2)nn1C. The Hall–Kier alpha value is -2.44. The summed E-state index contributed by atoms with van der Waals surface area (Å²) in [6.07, 6.45) is 6.42. The highest BCUT2D eigenvalue weighted by Crippen LogP contribution is 2.23.